The van der Waals surface area contributed by atoms with Crippen molar-refractivity contribution in [1.29, 1.82) is 0 Å². The molecule has 0 heterocycles. The van der Waals surface area contributed by atoms with Gasteiger partial charge in [0.25, 0.3) is 0 Å². The van der Waals surface area contributed by atoms with Gasteiger partial charge in [-0.15, -0.1) is 4.90 Å². The van der Waals surface area contributed by atoms with Gasteiger partial charge in [0.05, 0.1) is 0 Å². The first-order chi connectivity index (χ1) is 4.83. The third-order valence-electron chi connectivity index (χ3n) is 1.08. The van der Waals surface area contributed by atoms with Crippen molar-refractivity contribution in [3.05, 3.63) is 37.3 Å². The number of hydrogen-bond donors (Lipinski definition) is 0. The fourth-order valence-corrected chi connectivity index (χ4v) is 1.12. The standard InChI is InChI=1S/C8H6OS.CH3.W/c1-7-3-2-4-8(5-7)10-6-9;;/h2-3,5H,1H3;1H3;/q-2;-1;. The van der Waals surface area contributed by atoms with E-state index in [9.17, 15) is 4.79 Å². The van der Waals surface area contributed by atoms with Gasteiger partial charge in [0, 0.05) is 21.1 Å². The number of hydrogen-bond acceptors (Lipinski definition) is 2. The molecule has 0 radical (unpaired) electrons. The van der Waals surface area contributed by atoms with Gasteiger partial charge in [-0.05, 0) is 0 Å². The van der Waals surface area contributed by atoms with Crippen LogP contribution in [0.1, 0.15) is 5.56 Å². The molecule has 0 aliphatic rings. The Hall–Kier alpha value is -0.0717. The molecule has 1 aromatic rings. The van der Waals surface area contributed by atoms with Crippen molar-refractivity contribution in [3.63, 3.8) is 0 Å². The quantitative estimate of drug-likeness (QED) is 0.603. The molecule has 0 N–H and O–H groups in total. The summed E-state index contributed by atoms with van der Waals surface area (Å²) in [5.41, 5.74) is 2.88. The largest absolute Gasteiger partial charge is 0.530 e. The van der Waals surface area contributed by atoms with Crippen LogP contribution in [0.2, 0.25) is 0 Å². The summed E-state index contributed by atoms with van der Waals surface area (Å²) >= 11 is 1.03. The second kappa shape index (κ2) is 7.57. The van der Waals surface area contributed by atoms with Gasteiger partial charge in [-0.1, -0.05) is 6.92 Å². The molecule has 0 unspecified atom stereocenters. The Balaban J connectivity index is 0. The Morgan fingerprint density at radius 2 is 2.25 bits per heavy atom. The molecule has 0 fully saturated rings. The van der Waals surface area contributed by atoms with Crippen molar-refractivity contribution in [2.75, 3.05) is 0 Å². The molecule has 0 spiro atoms. The van der Waals surface area contributed by atoms with Crippen molar-refractivity contribution in [2.45, 2.75) is 11.8 Å². The van der Waals surface area contributed by atoms with Crippen LogP contribution >= 0.6 is 11.8 Å². The second-order valence-electron chi connectivity index (χ2n) is 1.92. The number of aryl methyl sites for hydroxylation is 1. The fraction of sp³-hybridized carbons (Fsp3) is 0.111. The van der Waals surface area contributed by atoms with Crippen molar-refractivity contribution in [1.82, 2.24) is 0 Å². The Bertz CT molecular complexity index is 238. The van der Waals surface area contributed by atoms with Gasteiger partial charge in [0.2, 0.25) is 0 Å². The minimum atomic E-state index is 0. The normalized spacial score (nSPS) is 7.75. The van der Waals surface area contributed by atoms with Crippen LogP contribution in [-0.4, -0.2) is 5.62 Å². The number of rotatable bonds is 2. The molecule has 66 valence electrons. The predicted octanol–water partition coefficient (Wildman–Crippen LogP) is 2.40. The number of carbonyl (C=O) groups excluding carboxylic acids is 1. The van der Waals surface area contributed by atoms with E-state index in [0.717, 1.165) is 22.2 Å². The van der Waals surface area contributed by atoms with E-state index in [0.29, 0.717) is 0 Å². The van der Waals surface area contributed by atoms with Crippen LogP contribution in [-0.2, 0) is 25.9 Å². The van der Waals surface area contributed by atoms with Gasteiger partial charge >= 0.3 is 0 Å². The van der Waals surface area contributed by atoms with Crippen LogP contribution in [0.15, 0.2) is 23.1 Å². The first-order valence-electron chi connectivity index (χ1n) is 2.85. The summed E-state index contributed by atoms with van der Waals surface area (Å²) in [6.07, 6.45) is 0. The van der Waals surface area contributed by atoms with E-state index in [4.69, 9.17) is 0 Å². The molecule has 0 aromatic heterocycles. The van der Waals surface area contributed by atoms with Gasteiger partial charge in [-0.25, -0.2) is 0 Å². The van der Waals surface area contributed by atoms with Gasteiger partial charge in [-0.3, -0.25) is 0 Å². The van der Waals surface area contributed by atoms with Crippen molar-refractivity contribution in [2.24, 2.45) is 0 Å². The van der Waals surface area contributed by atoms with Crippen molar-refractivity contribution in [3.8, 4) is 0 Å². The zero-order valence-electron chi connectivity index (χ0n) is 6.96. The molecular formula is C9H9OSW-3. The molecule has 3 heteroatoms. The smallest absolute Gasteiger partial charge is 0 e. The van der Waals surface area contributed by atoms with E-state index in [2.05, 4.69) is 6.07 Å². The van der Waals surface area contributed by atoms with Gasteiger partial charge in [0.15, 0.2) is 0 Å². The third-order valence-corrected chi connectivity index (χ3v) is 1.62. The summed E-state index contributed by atoms with van der Waals surface area (Å²) in [7, 11) is 0. The first kappa shape index (κ1) is 14.5. The van der Waals surface area contributed by atoms with E-state index in [1.54, 1.807) is 11.7 Å². The summed E-state index contributed by atoms with van der Waals surface area (Å²) in [6, 6.07) is 8.55. The first-order valence-corrected chi connectivity index (χ1v) is 3.67. The van der Waals surface area contributed by atoms with Crippen LogP contribution in [0.25, 0.3) is 0 Å². The second-order valence-corrected chi connectivity index (χ2v) is 2.73. The van der Waals surface area contributed by atoms with Gasteiger partial charge in [0.1, 0.15) is 0 Å². The Kier molecular flexibility index (Phi) is 9.12. The molecule has 0 saturated heterocycles. The number of benzene rings is 1. The molecule has 1 nitrogen and oxygen atoms in total. The monoisotopic (exact) mass is 349 g/mol. The molecule has 1 aromatic carbocycles. The summed E-state index contributed by atoms with van der Waals surface area (Å²) in [6.45, 7) is 1.97. The minimum absolute atomic E-state index is 0. The van der Waals surface area contributed by atoms with E-state index >= 15 is 0 Å². The van der Waals surface area contributed by atoms with Crippen LogP contribution in [0.3, 0.4) is 0 Å². The molecule has 0 aliphatic heterocycles. The maximum atomic E-state index is 9.90. The Labute approximate surface area is 92.2 Å². The summed E-state index contributed by atoms with van der Waals surface area (Å²) in [5.74, 6) is 0. The molecule has 0 amide bonds. The van der Waals surface area contributed by atoms with E-state index in [-0.39, 0.29) is 28.5 Å². The van der Waals surface area contributed by atoms with Crippen LogP contribution in [0, 0.1) is 20.4 Å². The van der Waals surface area contributed by atoms with Crippen molar-refractivity contribution < 1.29 is 25.9 Å². The summed E-state index contributed by atoms with van der Waals surface area (Å²) in [4.78, 5) is 10.7. The average molecular weight is 349 g/mol. The van der Waals surface area contributed by atoms with E-state index < -0.39 is 0 Å². The molecule has 0 saturated carbocycles. The predicted molar refractivity (Wildman–Crippen MR) is 48.0 cm³/mol. The van der Waals surface area contributed by atoms with Gasteiger partial charge < -0.3 is 24.0 Å². The molecular weight excluding hydrogens is 340 g/mol. The van der Waals surface area contributed by atoms with Crippen LogP contribution in [0.5, 0.6) is 0 Å². The van der Waals surface area contributed by atoms with E-state index in [1.165, 1.54) is 0 Å². The van der Waals surface area contributed by atoms with Crippen LogP contribution in [0.4, 0.5) is 0 Å². The molecule has 0 atom stereocenters. The topological polar surface area (TPSA) is 17.1 Å². The van der Waals surface area contributed by atoms with Gasteiger partial charge in [-0.2, -0.15) is 35.4 Å². The number of thioether (sulfide) groups is 1. The Morgan fingerprint density at radius 1 is 1.58 bits per heavy atom. The van der Waals surface area contributed by atoms with E-state index in [1.807, 2.05) is 19.1 Å². The van der Waals surface area contributed by atoms with Crippen molar-refractivity contribution >= 4 is 17.4 Å². The SMILES string of the molecule is Cc1cc[c-]c(S[C-]=O)c1.[CH3-].[W]. The average Bonchev–Trinajstić information content (AvgIpc) is 1.88. The van der Waals surface area contributed by atoms with Crippen LogP contribution < -0.4 is 0 Å². The molecule has 0 bridgehead atoms. The Morgan fingerprint density at radius 3 is 2.75 bits per heavy atom. The fourth-order valence-electron chi connectivity index (χ4n) is 0.656. The summed E-state index contributed by atoms with van der Waals surface area (Å²) in [5, 5.41) is 0. The minimum Gasteiger partial charge on any atom is -0.530 e. The zero-order valence-corrected chi connectivity index (χ0v) is 10.7. The molecule has 0 aliphatic carbocycles. The molecule has 12 heavy (non-hydrogen) atoms. The maximum absolute atomic E-state index is 9.90. The summed E-state index contributed by atoms with van der Waals surface area (Å²) < 4.78 is 0. The molecule has 1 rings (SSSR count). The maximum Gasteiger partial charge on any atom is 0 e. The zero-order chi connectivity index (χ0) is 7.40. The third kappa shape index (κ3) is 4.74.